The number of hydrogen-bond donors (Lipinski definition) is 2. The number of carbonyl (C=O) groups is 2. The van der Waals surface area contributed by atoms with Crippen LogP contribution in [0.3, 0.4) is 0 Å². The molecule has 0 saturated carbocycles. The van der Waals surface area contributed by atoms with Crippen molar-refractivity contribution in [1.82, 2.24) is 10.2 Å². The van der Waals surface area contributed by atoms with Crippen molar-refractivity contribution < 1.29 is 18.0 Å². The van der Waals surface area contributed by atoms with E-state index in [0.717, 1.165) is 32.2 Å². The van der Waals surface area contributed by atoms with E-state index in [-0.39, 0.29) is 16.7 Å². The van der Waals surface area contributed by atoms with Crippen LogP contribution in [0.5, 0.6) is 0 Å². The van der Waals surface area contributed by atoms with E-state index in [1.54, 1.807) is 25.1 Å². The van der Waals surface area contributed by atoms with Gasteiger partial charge in [0.1, 0.15) is 0 Å². The number of nitrogens with one attached hydrogen (secondary N) is 2. The minimum atomic E-state index is -3.83. The molecule has 7 nitrogen and oxygen atoms in total. The average molecular weight is 472 g/mol. The van der Waals surface area contributed by atoms with Crippen LogP contribution in [0.15, 0.2) is 47.4 Å². The minimum Gasteiger partial charge on any atom is -0.352 e. The Labute approximate surface area is 196 Å². The van der Waals surface area contributed by atoms with Gasteiger partial charge in [-0.05, 0) is 68.0 Å². The van der Waals surface area contributed by atoms with E-state index < -0.39 is 10.0 Å². The number of sulfonamides is 1. The number of rotatable bonds is 11. The second-order valence-corrected chi connectivity index (χ2v) is 10.2. The van der Waals surface area contributed by atoms with E-state index >= 15 is 0 Å². The molecule has 0 aliphatic carbocycles. The van der Waals surface area contributed by atoms with Crippen molar-refractivity contribution in [2.45, 2.75) is 57.3 Å². The van der Waals surface area contributed by atoms with Gasteiger partial charge in [-0.3, -0.25) is 14.3 Å². The van der Waals surface area contributed by atoms with Crippen LogP contribution in [0.1, 0.15) is 60.5 Å². The molecule has 1 aliphatic heterocycles. The molecule has 8 heteroatoms. The summed E-state index contributed by atoms with van der Waals surface area (Å²) in [6.45, 7) is 5.72. The van der Waals surface area contributed by atoms with Crippen molar-refractivity contribution in [3.63, 3.8) is 0 Å². The monoisotopic (exact) mass is 471 g/mol. The molecule has 0 aromatic heterocycles. The summed E-state index contributed by atoms with van der Waals surface area (Å²) in [7, 11) is -3.83. The van der Waals surface area contributed by atoms with Crippen molar-refractivity contribution in [2.24, 2.45) is 0 Å². The summed E-state index contributed by atoms with van der Waals surface area (Å²) in [4.78, 5) is 26.2. The lowest BCUT2D eigenvalue weighted by Crippen LogP contribution is -2.31. The van der Waals surface area contributed by atoms with Gasteiger partial charge in [0, 0.05) is 37.3 Å². The maximum atomic E-state index is 12.9. The third-order valence-corrected chi connectivity index (χ3v) is 7.23. The van der Waals surface area contributed by atoms with Crippen LogP contribution in [-0.2, 0) is 21.2 Å². The van der Waals surface area contributed by atoms with Crippen LogP contribution in [-0.4, -0.2) is 44.8 Å². The first-order valence-electron chi connectivity index (χ1n) is 11.6. The molecule has 1 heterocycles. The Morgan fingerprint density at radius 1 is 1.09 bits per heavy atom. The molecule has 2 aromatic rings. The second kappa shape index (κ2) is 11.3. The predicted molar refractivity (Wildman–Crippen MR) is 130 cm³/mol. The van der Waals surface area contributed by atoms with E-state index in [4.69, 9.17) is 0 Å². The fraction of sp³-hybridized carbons (Fsp3) is 0.440. The van der Waals surface area contributed by atoms with Crippen LogP contribution >= 0.6 is 0 Å². The molecule has 2 N–H and O–H groups in total. The minimum absolute atomic E-state index is 0.0379. The predicted octanol–water partition coefficient (Wildman–Crippen LogP) is 3.88. The number of carbonyl (C=O) groups excluding carboxylic acids is 2. The zero-order valence-electron chi connectivity index (χ0n) is 19.4. The van der Waals surface area contributed by atoms with Crippen molar-refractivity contribution in [1.29, 1.82) is 0 Å². The van der Waals surface area contributed by atoms with Crippen molar-refractivity contribution in [3.05, 3.63) is 59.2 Å². The van der Waals surface area contributed by atoms with E-state index in [2.05, 4.69) is 17.0 Å². The van der Waals surface area contributed by atoms with Crippen molar-refractivity contribution in [2.75, 3.05) is 24.4 Å². The summed E-state index contributed by atoms with van der Waals surface area (Å²) in [5, 5.41) is 2.84. The van der Waals surface area contributed by atoms with Crippen LogP contribution in [0.4, 0.5) is 5.69 Å². The number of hydrogen-bond acceptors (Lipinski definition) is 4. The van der Waals surface area contributed by atoms with Crippen molar-refractivity contribution >= 4 is 27.5 Å². The van der Waals surface area contributed by atoms with E-state index in [0.29, 0.717) is 42.7 Å². The summed E-state index contributed by atoms with van der Waals surface area (Å²) in [5.41, 5.74) is 2.67. The van der Waals surface area contributed by atoms with Crippen LogP contribution in [0.2, 0.25) is 0 Å². The molecule has 2 aromatic carbocycles. The Bertz CT molecular complexity index is 1080. The topological polar surface area (TPSA) is 95.6 Å². The quantitative estimate of drug-likeness (QED) is 0.486. The molecule has 3 rings (SSSR count). The fourth-order valence-electron chi connectivity index (χ4n) is 3.85. The highest BCUT2D eigenvalue weighted by Gasteiger charge is 2.20. The first kappa shape index (κ1) is 24.8. The summed E-state index contributed by atoms with van der Waals surface area (Å²) in [6, 6.07) is 11.9. The van der Waals surface area contributed by atoms with Gasteiger partial charge in [0.25, 0.3) is 15.9 Å². The summed E-state index contributed by atoms with van der Waals surface area (Å²) in [5.74, 6) is -0.157. The third kappa shape index (κ3) is 6.81. The van der Waals surface area contributed by atoms with Gasteiger partial charge in [-0.1, -0.05) is 31.5 Å². The Hall–Kier alpha value is -2.87. The molecule has 178 valence electrons. The molecule has 2 amide bonds. The van der Waals surface area contributed by atoms with E-state index in [1.165, 1.54) is 17.7 Å². The molecule has 0 atom stereocenters. The smallest absolute Gasteiger partial charge is 0.261 e. The zero-order valence-corrected chi connectivity index (χ0v) is 20.2. The van der Waals surface area contributed by atoms with Crippen molar-refractivity contribution in [3.8, 4) is 0 Å². The SMILES string of the molecule is CCCCc1ccc(NS(=O)(=O)c2ccc(C)c(C(=O)NCCCN3CCCC3=O)c2)cc1. The fourth-order valence-corrected chi connectivity index (χ4v) is 4.94. The maximum absolute atomic E-state index is 12.9. The molecule has 1 fully saturated rings. The molecular formula is C25H33N3O4S. The highest BCUT2D eigenvalue weighted by molar-refractivity contribution is 7.92. The molecule has 0 radical (unpaired) electrons. The van der Waals surface area contributed by atoms with Gasteiger partial charge in [0.15, 0.2) is 0 Å². The highest BCUT2D eigenvalue weighted by Crippen LogP contribution is 2.20. The summed E-state index contributed by atoms with van der Waals surface area (Å²) < 4.78 is 28.4. The Kier molecular flexibility index (Phi) is 8.49. The standard InChI is InChI=1S/C25H33N3O4S/c1-3-4-7-20-10-12-21(13-11-20)27-33(31,32)22-14-9-19(2)23(18-22)25(30)26-15-6-17-28-16-5-8-24(28)29/h9-14,18,27H,3-8,15-17H2,1-2H3,(H,26,30). The number of benzene rings is 2. The highest BCUT2D eigenvalue weighted by atomic mass is 32.2. The molecular weight excluding hydrogens is 438 g/mol. The van der Waals surface area contributed by atoms with Gasteiger partial charge in [-0.2, -0.15) is 0 Å². The van der Waals surface area contributed by atoms with Crippen LogP contribution in [0.25, 0.3) is 0 Å². The largest absolute Gasteiger partial charge is 0.352 e. The number of nitrogens with zero attached hydrogens (tertiary/aromatic N) is 1. The molecule has 0 bridgehead atoms. The Morgan fingerprint density at radius 2 is 1.85 bits per heavy atom. The number of amides is 2. The zero-order chi connectivity index (χ0) is 23.8. The lowest BCUT2D eigenvalue weighted by atomic mass is 10.1. The number of anilines is 1. The normalized spacial score (nSPS) is 13.9. The molecule has 1 aliphatic rings. The molecule has 33 heavy (non-hydrogen) atoms. The molecule has 0 unspecified atom stereocenters. The number of aryl methyl sites for hydroxylation is 2. The summed E-state index contributed by atoms with van der Waals surface area (Å²) in [6.07, 6.45) is 5.32. The Balaban J connectivity index is 1.61. The Morgan fingerprint density at radius 3 is 2.52 bits per heavy atom. The number of likely N-dealkylation sites (tertiary alicyclic amines) is 1. The van der Waals surface area contributed by atoms with E-state index in [1.807, 2.05) is 17.0 Å². The molecule has 0 spiro atoms. The third-order valence-electron chi connectivity index (χ3n) is 5.85. The maximum Gasteiger partial charge on any atom is 0.261 e. The lowest BCUT2D eigenvalue weighted by molar-refractivity contribution is -0.127. The van der Waals surface area contributed by atoms with Crippen LogP contribution in [0, 0.1) is 6.92 Å². The first-order chi connectivity index (χ1) is 15.8. The molecule has 1 saturated heterocycles. The van der Waals surface area contributed by atoms with Gasteiger partial charge < -0.3 is 10.2 Å². The van der Waals surface area contributed by atoms with Gasteiger partial charge in [-0.15, -0.1) is 0 Å². The van der Waals surface area contributed by atoms with E-state index in [9.17, 15) is 18.0 Å². The lowest BCUT2D eigenvalue weighted by Gasteiger charge is -2.15. The van der Waals surface area contributed by atoms with Gasteiger partial charge >= 0.3 is 0 Å². The van der Waals surface area contributed by atoms with Gasteiger partial charge in [0.05, 0.1) is 4.90 Å². The second-order valence-electron chi connectivity index (χ2n) is 8.48. The average Bonchev–Trinajstić information content (AvgIpc) is 3.20. The first-order valence-corrected chi connectivity index (χ1v) is 13.1. The number of unbranched alkanes of at least 4 members (excludes halogenated alkanes) is 1. The van der Waals surface area contributed by atoms with Gasteiger partial charge in [0.2, 0.25) is 5.91 Å². The summed E-state index contributed by atoms with van der Waals surface area (Å²) >= 11 is 0. The van der Waals surface area contributed by atoms with Gasteiger partial charge in [-0.25, -0.2) is 8.42 Å². The van der Waals surface area contributed by atoms with Crippen LogP contribution < -0.4 is 10.0 Å².